The fourth-order valence-corrected chi connectivity index (χ4v) is 1.42. The van der Waals surface area contributed by atoms with Crippen molar-refractivity contribution in [3.8, 4) is 0 Å². The van der Waals surface area contributed by atoms with Crippen LogP contribution in [0.3, 0.4) is 0 Å². The smallest absolute Gasteiger partial charge is 0.222 e. The first kappa shape index (κ1) is 20.1. The van der Waals surface area contributed by atoms with E-state index in [1.165, 1.54) is 0 Å². The van der Waals surface area contributed by atoms with Crippen molar-refractivity contribution in [1.29, 1.82) is 0 Å². The zero-order valence-electron chi connectivity index (χ0n) is 9.55. The van der Waals surface area contributed by atoms with Gasteiger partial charge in [0, 0.05) is 0 Å². The van der Waals surface area contributed by atoms with Crippen LogP contribution >= 0.6 is 0 Å². The van der Waals surface area contributed by atoms with Gasteiger partial charge in [-0.1, -0.05) is 3.89 Å². The summed E-state index contributed by atoms with van der Waals surface area (Å²) in [6.07, 6.45) is -12.8. The van der Waals surface area contributed by atoms with E-state index in [1.807, 2.05) is 8.92 Å². The summed E-state index contributed by atoms with van der Waals surface area (Å²) in [4.78, 5) is 2.53. The molecule has 1 rings (SSSR count). The average molecular weight is 395 g/mol. The molecule has 0 bridgehead atoms. The minimum atomic E-state index is -6.84. The van der Waals surface area contributed by atoms with Crippen molar-refractivity contribution < 1.29 is 70.0 Å². The van der Waals surface area contributed by atoms with E-state index in [4.69, 9.17) is 0 Å². The molecule has 1 atom stereocenters. The van der Waals surface area contributed by atoms with Crippen LogP contribution in [0.25, 0.3) is 0 Å². The zero-order chi connectivity index (χ0) is 18.7. The number of rotatable bonds is 5. The summed E-state index contributed by atoms with van der Waals surface area (Å²) in [5, 5.41) is -2.68. The van der Waals surface area contributed by atoms with Gasteiger partial charge in [-0.3, -0.25) is 0 Å². The summed E-state index contributed by atoms with van der Waals surface area (Å²) in [6.45, 7) is 0. The van der Waals surface area contributed by atoms with E-state index in [1.54, 1.807) is 0 Å². The van der Waals surface area contributed by atoms with Crippen molar-refractivity contribution >= 4 is 10.5 Å². The molecule has 0 aromatic rings. The number of nitrogens with zero attached hydrogens (tertiary/aromatic N) is 1. The molecule has 0 saturated carbocycles. The number of alkyl halides is 10. The molecule has 1 unspecified atom stereocenters. The molecule has 18 heteroatoms. The van der Waals surface area contributed by atoms with Crippen molar-refractivity contribution in [2.24, 2.45) is 0 Å². The topological polar surface area (TPSA) is 65.1 Å². The highest BCUT2D eigenvalue weighted by atomic mass is 32.3. The summed E-state index contributed by atoms with van der Waals surface area (Å²) >= 11 is 0. The third-order valence-electron chi connectivity index (χ3n) is 1.88. The van der Waals surface area contributed by atoms with Crippen LogP contribution in [0.1, 0.15) is 0 Å². The van der Waals surface area contributed by atoms with E-state index in [2.05, 4.69) is 4.84 Å². The van der Waals surface area contributed by atoms with Crippen LogP contribution in [0.4, 0.5) is 47.8 Å². The second-order valence-corrected chi connectivity index (χ2v) is 4.50. The fourth-order valence-electron chi connectivity index (χ4n) is 1.07. The molecule has 0 amide bonds. The van der Waals surface area contributed by atoms with Crippen LogP contribution < -0.4 is 0 Å². The minimum Gasteiger partial charge on any atom is -0.222 e. The quantitative estimate of drug-likeness (QED) is 0.405. The Morgan fingerprint density at radius 2 is 1.39 bits per heavy atom. The molecule has 0 N–H and O–H groups in total. The number of hydrogen-bond donors (Lipinski definition) is 0. The summed E-state index contributed by atoms with van der Waals surface area (Å²) in [5.74, 6) is 0. The first-order valence-electron chi connectivity index (χ1n) is 4.49. The molecule has 1 fully saturated rings. The predicted octanol–water partition coefficient (Wildman–Crippen LogP) is 2.40. The Labute approximate surface area is 117 Å². The molecule has 1 aliphatic heterocycles. The van der Waals surface area contributed by atoms with Crippen LogP contribution in [0, 0.1) is 0 Å². The van der Waals surface area contributed by atoms with Crippen LogP contribution in [0.15, 0.2) is 0 Å². The van der Waals surface area contributed by atoms with Crippen LogP contribution in [-0.2, 0) is 24.3 Å². The highest BCUT2D eigenvalue weighted by Gasteiger charge is 2.86. The van der Waals surface area contributed by atoms with Crippen molar-refractivity contribution in [1.82, 2.24) is 5.06 Å². The first-order chi connectivity index (χ1) is 9.75. The molecular formula is C5F11NO5S. The lowest BCUT2D eigenvalue weighted by Crippen LogP contribution is -2.79. The maximum absolute atomic E-state index is 13.0. The van der Waals surface area contributed by atoms with E-state index >= 15 is 0 Å². The maximum atomic E-state index is 13.0. The molecule has 0 aliphatic carbocycles. The van der Waals surface area contributed by atoms with Gasteiger partial charge in [-0.05, 0) is 5.06 Å². The van der Waals surface area contributed by atoms with E-state index in [-0.39, 0.29) is 0 Å². The van der Waals surface area contributed by atoms with Crippen molar-refractivity contribution in [2.45, 2.75) is 30.6 Å². The zero-order valence-corrected chi connectivity index (χ0v) is 10.4. The Morgan fingerprint density at radius 3 is 1.70 bits per heavy atom. The van der Waals surface area contributed by atoms with Gasteiger partial charge in [-0.25, -0.2) is 9.57 Å². The van der Waals surface area contributed by atoms with Gasteiger partial charge in [-0.15, -0.1) is 13.2 Å². The number of hydrogen-bond acceptors (Lipinski definition) is 6. The Bertz CT molecular complexity index is 574. The van der Waals surface area contributed by atoms with Gasteiger partial charge in [0.15, 0.2) is 0 Å². The lowest BCUT2D eigenvalue weighted by atomic mass is 10.3. The lowest BCUT2D eigenvalue weighted by molar-refractivity contribution is -0.689. The molecule has 23 heavy (non-hydrogen) atoms. The van der Waals surface area contributed by atoms with Gasteiger partial charge in [0.05, 0.1) is 0 Å². The Hall–Kier alpha value is -0.980. The number of halogens is 11. The highest BCUT2D eigenvalue weighted by molar-refractivity contribution is 7.81. The second kappa shape index (κ2) is 5.01. The van der Waals surface area contributed by atoms with Gasteiger partial charge >= 0.3 is 41.1 Å². The van der Waals surface area contributed by atoms with Crippen LogP contribution in [-0.4, -0.2) is 44.1 Å². The van der Waals surface area contributed by atoms with Crippen molar-refractivity contribution in [2.75, 3.05) is 0 Å². The number of ether oxygens (including phenoxy) is 1. The normalized spacial score (nSPS) is 26.9. The van der Waals surface area contributed by atoms with Crippen LogP contribution in [0.2, 0.25) is 0 Å². The Balaban J connectivity index is 3.09. The summed E-state index contributed by atoms with van der Waals surface area (Å²) in [5.41, 5.74) is 0. The van der Waals surface area contributed by atoms with Crippen molar-refractivity contribution in [3.05, 3.63) is 0 Å². The SMILES string of the molecule is O=S(=O)(F)OC(F)(F)C(F)(F)N1OC(F)(OC(F)(F)F)C1(F)F. The fraction of sp³-hybridized carbons (Fsp3) is 1.00. The lowest BCUT2D eigenvalue weighted by Gasteiger charge is -2.50. The largest absolute Gasteiger partial charge is 0.527 e. The average Bonchev–Trinajstić information content (AvgIpc) is 2.19. The van der Waals surface area contributed by atoms with E-state index < -0.39 is 46.2 Å². The highest BCUT2D eigenvalue weighted by Crippen LogP contribution is 2.57. The number of hydroxylamine groups is 2. The van der Waals surface area contributed by atoms with Crippen molar-refractivity contribution in [3.63, 3.8) is 0 Å². The third kappa shape index (κ3) is 3.59. The van der Waals surface area contributed by atoms with Crippen LogP contribution in [0.5, 0.6) is 0 Å². The van der Waals surface area contributed by atoms with Gasteiger partial charge < -0.3 is 0 Å². The van der Waals surface area contributed by atoms with Gasteiger partial charge in [-0.2, -0.15) is 43.3 Å². The van der Waals surface area contributed by atoms with Gasteiger partial charge in [0.1, 0.15) is 0 Å². The molecule has 138 valence electrons. The Morgan fingerprint density at radius 1 is 0.957 bits per heavy atom. The molecule has 0 radical (unpaired) electrons. The van der Waals surface area contributed by atoms with E-state index in [0.29, 0.717) is 0 Å². The maximum Gasteiger partial charge on any atom is 0.527 e. The van der Waals surface area contributed by atoms with E-state index in [9.17, 15) is 56.2 Å². The molecule has 0 aromatic carbocycles. The molecule has 0 aromatic heterocycles. The summed E-state index contributed by atoms with van der Waals surface area (Å²) in [6, 6.07) is -18.5. The summed E-state index contributed by atoms with van der Waals surface area (Å²) in [7, 11) is -6.84. The molecule has 1 heterocycles. The standard InChI is InChI=1S/C5F11NO5S/c6-1(7,3(10,11)22-23(16,18)19)17-2(8,9)4(12,21-17)20-5(13,14)15. The minimum absolute atomic E-state index is 1.89. The third-order valence-corrected chi connectivity index (χ3v) is 2.29. The second-order valence-electron chi connectivity index (χ2n) is 3.55. The molecule has 1 aliphatic rings. The first-order valence-corrected chi connectivity index (χ1v) is 5.80. The Kier molecular flexibility index (Phi) is 4.37. The van der Waals surface area contributed by atoms with E-state index in [0.717, 1.165) is 0 Å². The predicted molar refractivity (Wildman–Crippen MR) is 39.9 cm³/mol. The van der Waals surface area contributed by atoms with Gasteiger partial charge in [0.25, 0.3) is 0 Å². The molecule has 6 nitrogen and oxygen atoms in total. The molecular weight excluding hydrogens is 395 g/mol. The van der Waals surface area contributed by atoms with Gasteiger partial charge in [0.2, 0.25) is 0 Å². The molecule has 1 saturated heterocycles. The molecule has 0 spiro atoms. The monoisotopic (exact) mass is 395 g/mol. The summed E-state index contributed by atoms with van der Waals surface area (Å²) < 4.78 is 160.